The van der Waals surface area contributed by atoms with Gasteiger partial charge in [-0.1, -0.05) is 12.1 Å². The number of rotatable bonds is 6. The highest BCUT2D eigenvalue weighted by molar-refractivity contribution is 7.13. The summed E-state index contributed by atoms with van der Waals surface area (Å²) in [5, 5.41) is 7.18. The highest BCUT2D eigenvalue weighted by atomic mass is 32.1. The molecule has 0 aliphatic heterocycles. The van der Waals surface area contributed by atoms with E-state index in [2.05, 4.69) is 20.6 Å². The highest BCUT2D eigenvalue weighted by Gasteiger charge is 2.20. The molecule has 0 aliphatic carbocycles. The lowest BCUT2D eigenvalue weighted by atomic mass is 10.2. The van der Waals surface area contributed by atoms with Gasteiger partial charge in [-0.3, -0.25) is 4.99 Å². The summed E-state index contributed by atoms with van der Waals surface area (Å²) in [5.41, 5.74) is 1.60. The molecule has 1 aromatic carbocycles. The molecular weight excluding hydrogens is 355 g/mol. The molecule has 0 spiro atoms. The van der Waals surface area contributed by atoms with Crippen molar-refractivity contribution >= 4 is 23.3 Å². The molecule has 1 unspecified atom stereocenters. The van der Waals surface area contributed by atoms with Crippen LogP contribution in [0.25, 0.3) is 0 Å². The molecule has 8 heteroatoms. The first kappa shape index (κ1) is 19.8. The number of benzene rings is 1. The minimum Gasteiger partial charge on any atom is -0.462 e. The van der Waals surface area contributed by atoms with Gasteiger partial charge in [-0.2, -0.15) is 0 Å². The lowest BCUT2D eigenvalue weighted by Gasteiger charge is -2.16. The van der Waals surface area contributed by atoms with Gasteiger partial charge in [0.25, 0.3) is 0 Å². The largest absolute Gasteiger partial charge is 0.462 e. The quantitative estimate of drug-likeness (QED) is 0.459. The summed E-state index contributed by atoms with van der Waals surface area (Å²) < 4.78 is 18.0. The molecular formula is C18H23FN4O2S. The van der Waals surface area contributed by atoms with Gasteiger partial charge in [0.15, 0.2) is 5.96 Å². The predicted octanol–water partition coefficient (Wildman–Crippen LogP) is 3.19. The maximum atomic E-state index is 13.0. The van der Waals surface area contributed by atoms with Crippen LogP contribution in [0.5, 0.6) is 0 Å². The van der Waals surface area contributed by atoms with Crippen molar-refractivity contribution < 1.29 is 13.9 Å². The minimum absolute atomic E-state index is 0.138. The van der Waals surface area contributed by atoms with Crippen LogP contribution in [-0.2, 0) is 11.3 Å². The number of esters is 1. The van der Waals surface area contributed by atoms with Crippen molar-refractivity contribution in [2.24, 2.45) is 4.99 Å². The number of nitrogens with one attached hydrogen (secondary N) is 2. The number of nitrogens with zero attached hydrogens (tertiary/aromatic N) is 2. The SMILES string of the molecule is CCOC(=O)c1sc(C(C)NC(=NC)NCc2ccc(F)cc2)nc1C. The topological polar surface area (TPSA) is 75.6 Å². The summed E-state index contributed by atoms with van der Waals surface area (Å²) >= 11 is 1.31. The lowest BCUT2D eigenvalue weighted by molar-refractivity contribution is 0.0531. The number of hydrogen-bond donors (Lipinski definition) is 2. The first-order valence-electron chi connectivity index (χ1n) is 8.30. The molecule has 2 rings (SSSR count). The smallest absolute Gasteiger partial charge is 0.350 e. The Labute approximate surface area is 156 Å². The average molecular weight is 378 g/mol. The maximum absolute atomic E-state index is 13.0. The van der Waals surface area contributed by atoms with Crippen molar-refractivity contribution in [2.45, 2.75) is 33.4 Å². The Morgan fingerprint density at radius 1 is 1.38 bits per heavy atom. The number of carbonyl (C=O) groups is 1. The van der Waals surface area contributed by atoms with E-state index in [4.69, 9.17) is 4.74 Å². The molecule has 0 saturated carbocycles. The number of carbonyl (C=O) groups excluding carboxylic acids is 1. The Kier molecular flexibility index (Phi) is 7.08. The number of guanidine groups is 1. The predicted molar refractivity (Wildman–Crippen MR) is 101 cm³/mol. The van der Waals surface area contributed by atoms with Crippen LogP contribution in [0.1, 0.15) is 45.8 Å². The number of thiazole rings is 1. The first-order chi connectivity index (χ1) is 12.4. The van der Waals surface area contributed by atoms with E-state index in [1.165, 1.54) is 23.5 Å². The number of hydrogen-bond acceptors (Lipinski definition) is 5. The summed E-state index contributed by atoms with van der Waals surface area (Å²) in [6, 6.07) is 6.14. The van der Waals surface area contributed by atoms with Crippen molar-refractivity contribution in [2.75, 3.05) is 13.7 Å². The molecule has 2 aromatic rings. The molecule has 0 amide bonds. The second kappa shape index (κ2) is 9.28. The van der Waals surface area contributed by atoms with E-state index >= 15 is 0 Å². The molecule has 0 fully saturated rings. The van der Waals surface area contributed by atoms with Gasteiger partial charge in [0, 0.05) is 13.6 Å². The van der Waals surface area contributed by atoms with Crippen molar-refractivity contribution in [3.8, 4) is 0 Å². The Hall–Kier alpha value is -2.48. The first-order valence-corrected chi connectivity index (χ1v) is 9.12. The van der Waals surface area contributed by atoms with Gasteiger partial charge in [0.1, 0.15) is 15.7 Å². The van der Waals surface area contributed by atoms with E-state index in [0.29, 0.717) is 29.7 Å². The summed E-state index contributed by atoms with van der Waals surface area (Å²) in [6.07, 6.45) is 0. The van der Waals surface area contributed by atoms with Crippen LogP contribution in [0.15, 0.2) is 29.3 Å². The Balaban J connectivity index is 1.98. The molecule has 1 heterocycles. The Morgan fingerprint density at radius 3 is 2.69 bits per heavy atom. The third kappa shape index (κ3) is 5.26. The van der Waals surface area contributed by atoms with Gasteiger partial charge in [0.05, 0.1) is 18.3 Å². The van der Waals surface area contributed by atoms with Crippen LogP contribution < -0.4 is 10.6 Å². The summed E-state index contributed by atoms with van der Waals surface area (Å²) in [7, 11) is 1.67. The number of halogens is 1. The normalized spacial score (nSPS) is 12.6. The van der Waals surface area contributed by atoms with Crippen molar-refractivity contribution in [3.63, 3.8) is 0 Å². The van der Waals surface area contributed by atoms with E-state index in [9.17, 15) is 9.18 Å². The summed E-state index contributed by atoms with van der Waals surface area (Å²) in [4.78, 5) is 21.1. The minimum atomic E-state index is -0.347. The van der Waals surface area contributed by atoms with Gasteiger partial charge in [-0.05, 0) is 38.5 Å². The third-order valence-electron chi connectivity index (χ3n) is 3.59. The number of aryl methyl sites for hydroxylation is 1. The fourth-order valence-corrected chi connectivity index (χ4v) is 3.20. The summed E-state index contributed by atoms with van der Waals surface area (Å²) in [5.74, 6) is -0.0199. The van der Waals surface area contributed by atoms with Crippen LogP contribution in [0.3, 0.4) is 0 Å². The van der Waals surface area contributed by atoms with Crippen LogP contribution in [0.4, 0.5) is 4.39 Å². The third-order valence-corrected chi connectivity index (χ3v) is 4.91. The Morgan fingerprint density at radius 2 is 2.08 bits per heavy atom. The molecule has 1 atom stereocenters. The lowest BCUT2D eigenvalue weighted by Crippen LogP contribution is -2.38. The number of ether oxygens (including phenoxy) is 1. The van der Waals surface area contributed by atoms with Crippen LogP contribution in [0, 0.1) is 12.7 Å². The molecule has 0 bridgehead atoms. The molecule has 26 heavy (non-hydrogen) atoms. The van der Waals surface area contributed by atoms with Gasteiger partial charge >= 0.3 is 5.97 Å². The maximum Gasteiger partial charge on any atom is 0.350 e. The monoisotopic (exact) mass is 378 g/mol. The zero-order chi connectivity index (χ0) is 19.1. The van der Waals surface area contributed by atoms with E-state index in [1.807, 2.05) is 6.92 Å². The van der Waals surface area contributed by atoms with Gasteiger partial charge in [-0.25, -0.2) is 14.2 Å². The van der Waals surface area contributed by atoms with E-state index < -0.39 is 0 Å². The van der Waals surface area contributed by atoms with Crippen molar-refractivity contribution in [1.82, 2.24) is 15.6 Å². The van der Waals surface area contributed by atoms with Crippen LogP contribution >= 0.6 is 11.3 Å². The second-order valence-corrected chi connectivity index (χ2v) is 6.64. The van der Waals surface area contributed by atoms with E-state index in [0.717, 1.165) is 10.6 Å². The van der Waals surface area contributed by atoms with Gasteiger partial charge in [0.2, 0.25) is 0 Å². The van der Waals surface area contributed by atoms with Gasteiger partial charge < -0.3 is 15.4 Å². The second-order valence-electron chi connectivity index (χ2n) is 5.61. The Bertz CT molecular complexity index is 774. The average Bonchev–Trinajstić information content (AvgIpc) is 3.02. The molecule has 0 radical (unpaired) electrons. The molecule has 2 N–H and O–H groups in total. The summed E-state index contributed by atoms with van der Waals surface area (Å²) in [6.45, 7) is 6.35. The standard InChI is InChI=1S/C18H23FN4O2S/c1-5-25-17(24)15-11(2)22-16(26-15)12(3)23-18(20-4)21-10-13-6-8-14(19)9-7-13/h6-9,12H,5,10H2,1-4H3,(H2,20,21,23). The van der Waals surface area contributed by atoms with Crippen molar-refractivity contribution in [3.05, 3.63) is 51.2 Å². The van der Waals surface area contributed by atoms with Gasteiger partial charge in [-0.15, -0.1) is 11.3 Å². The zero-order valence-electron chi connectivity index (χ0n) is 15.3. The number of aliphatic imine (C=N–C) groups is 1. The molecule has 0 saturated heterocycles. The van der Waals surface area contributed by atoms with Crippen molar-refractivity contribution in [1.29, 1.82) is 0 Å². The van der Waals surface area contributed by atoms with Crippen LogP contribution in [0.2, 0.25) is 0 Å². The molecule has 6 nitrogen and oxygen atoms in total. The molecule has 0 aliphatic rings. The van der Waals surface area contributed by atoms with E-state index in [1.54, 1.807) is 33.0 Å². The number of aromatic nitrogens is 1. The van der Waals surface area contributed by atoms with Crippen LogP contribution in [-0.4, -0.2) is 30.6 Å². The fraction of sp³-hybridized carbons (Fsp3) is 0.389. The fourth-order valence-electron chi connectivity index (χ4n) is 2.24. The van der Waals surface area contributed by atoms with E-state index in [-0.39, 0.29) is 17.8 Å². The zero-order valence-corrected chi connectivity index (χ0v) is 16.1. The molecule has 140 valence electrons. The molecule has 1 aromatic heterocycles. The highest BCUT2D eigenvalue weighted by Crippen LogP contribution is 2.24.